The summed E-state index contributed by atoms with van der Waals surface area (Å²) in [5.41, 5.74) is 11.2. The number of carbonyl (C=O) groups excluding carboxylic acids is 1. The Kier molecular flexibility index (Phi) is 3.86. The molecule has 0 fully saturated rings. The fraction of sp³-hybridized carbons (Fsp3) is 0.273. The number of hydrogen-bond donors (Lipinski definition) is 3. The molecule has 0 aromatic carbocycles. The number of aryl methyl sites for hydroxylation is 1. The molecule has 8 nitrogen and oxygen atoms in total. The Morgan fingerprint density at radius 3 is 2.90 bits per heavy atom. The number of nitriles is 1. The second-order valence-electron chi connectivity index (χ2n) is 3.94. The number of primary amides is 1. The van der Waals surface area contributed by atoms with Gasteiger partial charge >= 0.3 is 0 Å². The maximum atomic E-state index is 11.4. The minimum Gasteiger partial charge on any atom is -0.396 e. The second kappa shape index (κ2) is 5.58. The number of rotatable bonds is 5. The number of nitrogens with two attached hydrogens (primary N) is 2. The Labute approximate surface area is 118 Å². The van der Waals surface area contributed by atoms with Crippen molar-refractivity contribution >= 4 is 27.9 Å². The monoisotopic (exact) mass is 292 g/mol. The number of thiophene rings is 1. The third-order valence-electron chi connectivity index (χ3n) is 2.49. The molecule has 0 radical (unpaired) electrons. The van der Waals surface area contributed by atoms with E-state index >= 15 is 0 Å². The van der Waals surface area contributed by atoms with E-state index in [-0.39, 0.29) is 16.1 Å². The van der Waals surface area contributed by atoms with E-state index in [0.29, 0.717) is 29.7 Å². The molecule has 1 amide bonds. The normalized spacial score (nSPS) is 10.2. The van der Waals surface area contributed by atoms with Crippen LogP contribution in [0.1, 0.15) is 27.0 Å². The number of amides is 1. The average Bonchev–Trinajstić information content (AvgIpc) is 2.93. The van der Waals surface area contributed by atoms with Crippen LogP contribution in [-0.2, 0) is 6.42 Å². The number of hydrogen-bond acceptors (Lipinski definition) is 8. The Bertz CT molecular complexity index is 684. The molecule has 20 heavy (non-hydrogen) atoms. The van der Waals surface area contributed by atoms with Gasteiger partial charge in [0.1, 0.15) is 15.9 Å². The van der Waals surface area contributed by atoms with Crippen LogP contribution in [0.15, 0.2) is 4.52 Å². The Hall–Kier alpha value is -2.60. The Morgan fingerprint density at radius 1 is 1.60 bits per heavy atom. The van der Waals surface area contributed by atoms with Crippen LogP contribution in [0.4, 0.5) is 10.7 Å². The zero-order valence-corrected chi connectivity index (χ0v) is 11.5. The molecule has 0 atom stereocenters. The van der Waals surface area contributed by atoms with Crippen LogP contribution in [0.2, 0.25) is 0 Å². The summed E-state index contributed by atoms with van der Waals surface area (Å²) < 4.78 is 4.96. The molecule has 0 saturated heterocycles. The van der Waals surface area contributed by atoms with Gasteiger partial charge in [-0.25, -0.2) is 0 Å². The molecule has 0 aliphatic rings. The molecule has 0 saturated carbocycles. The van der Waals surface area contributed by atoms with Crippen molar-refractivity contribution in [3.63, 3.8) is 0 Å². The molecule has 0 aliphatic carbocycles. The molecule has 0 bridgehead atoms. The topological polar surface area (TPSA) is 144 Å². The molecule has 0 aliphatic heterocycles. The highest BCUT2D eigenvalue weighted by atomic mass is 32.1. The quantitative estimate of drug-likeness (QED) is 0.733. The zero-order valence-electron chi connectivity index (χ0n) is 10.6. The number of carbonyl (C=O) groups is 1. The first-order valence-corrected chi connectivity index (χ1v) is 6.49. The van der Waals surface area contributed by atoms with Crippen LogP contribution < -0.4 is 16.8 Å². The molecule has 5 N–H and O–H groups in total. The van der Waals surface area contributed by atoms with Gasteiger partial charge in [-0.2, -0.15) is 10.2 Å². The molecular weight excluding hydrogens is 280 g/mol. The summed E-state index contributed by atoms with van der Waals surface area (Å²) in [6.07, 6.45) is 0.485. The first-order valence-electron chi connectivity index (χ1n) is 5.68. The highest BCUT2D eigenvalue weighted by Gasteiger charge is 2.20. The summed E-state index contributed by atoms with van der Waals surface area (Å²) in [6.45, 7) is 2.18. The minimum atomic E-state index is -0.670. The minimum absolute atomic E-state index is 0.112. The molecule has 2 aromatic rings. The van der Waals surface area contributed by atoms with Crippen LogP contribution in [0.5, 0.6) is 0 Å². The van der Waals surface area contributed by atoms with E-state index in [1.54, 1.807) is 6.92 Å². The fourth-order valence-corrected chi connectivity index (χ4v) is 2.57. The summed E-state index contributed by atoms with van der Waals surface area (Å²) in [5, 5.41) is 16.1. The lowest BCUT2D eigenvalue weighted by atomic mass is 10.2. The summed E-state index contributed by atoms with van der Waals surface area (Å²) in [7, 11) is 0. The largest absolute Gasteiger partial charge is 0.396 e. The van der Waals surface area contributed by atoms with Gasteiger partial charge in [-0.3, -0.25) is 4.79 Å². The third kappa shape index (κ3) is 2.70. The van der Waals surface area contributed by atoms with Crippen LogP contribution in [0.3, 0.4) is 0 Å². The molecule has 9 heteroatoms. The fourth-order valence-electron chi connectivity index (χ4n) is 1.62. The van der Waals surface area contributed by atoms with Gasteiger partial charge in [0.25, 0.3) is 5.91 Å². The summed E-state index contributed by atoms with van der Waals surface area (Å²) in [5.74, 6) is 0.377. The summed E-state index contributed by atoms with van der Waals surface area (Å²) >= 11 is 1.09. The maximum Gasteiger partial charge on any atom is 0.253 e. The molecule has 2 heterocycles. The number of aromatic nitrogens is 2. The smallest absolute Gasteiger partial charge is 0.253 e. The van der Waals surface area contributed by atoms with Crippen LogP contribution in [0, 0.1) is 18.3 Å². The van der Waals surface area contributed by atoms with Crippen molar-refractivity contribution in [2.45, 2.75) is 13.3 Å². The Balaban J connectivity index is 2.09. The standard InChI is InChI=1S/C11H12N6O2S/c1-5-16-7(19-17-5)2-3-15-11-8(10(14)18)9(13)6(4-12)20-11/h15H,2-3,13H2,1H3,(H2,14,18). The number of nitrogen functional groups attached to an aromatic ring is 1. The average molecular weight is 292 g/mol. The van der Waals surface area contributed by atoms with E-state index in [1.807, 2.05) is 6.07 Å². The van der Waals surface area contributed by atoms with Gasteiger partial charge in [0.15, 0.2) is 5.82 Å². The molecule has 2 aromatic heterocycles. The SMILES string of the molecule is Cc1noc(CCNc2sc(C#N)c(N)c2C(N)=O)n1. The van der Waals surface area contributed by atoms with Crippen molar-refractivity contribution in [1.29, 1.82) is 5.26 Å². The highest BCUT2D eigenvalue weighted by molar-refractivity contribution is 7.17. The van der Waals surface area contributed by atoms with E-state index in [1.165, 1.54) is 0 Å². The van der Waals surface area contributed by atoms with E-state index in [9.17, 15) is 4.79 Å². The van der Waals surface area contributed by atoms with Gasteiger partial charge in [-0.05, 0) is 6.92 Å². The number of anilines is 2. The zero-order chi connectivity index (χ0) is 14.7. The van der Waals surface area contributed by atoms with Crippen molar-refractivity contribution in [1.82, 2.24) is 10.1 Å². The van der Waals surface area contributed by atoms with E-state index in [0.717, 1.165) is 11.3 Å². The highest BCUT2D eigenvalue weighted by Crippen LogP contribution is 2.34. The molecule has 0 spiro atoms. The van der Waals surface area contributed by atoms with E-state index in [4.69, 9.17) is 21.3 Å². The van der Waals surface area contributed by atoms with Gasteiger partial charge in [0, 0.05) is 13.0 Å². The first-order chi connectivity index (χ1) is 9.52. The van der Waals surface area contributed by atoms with Crippen molar-refractivity contribution in [3.8, 4) is 6.07 Å². The summed E-state index contributed by atoms with van der Waals surface area (Å²) in [6, 6.07) is 1.93. The number of nitrogens with one attached hydrogen (secondary N) is 1. The lowest BCUT2D eigenvalue weighted by molar-refractivity contribution is 0.100. The van der Waals surface area contributed by atoms with Gasteiger partial charge in [0.05, 0.1) is 11.3 Å². The third-order valence-corrected chi connectivity index (χ3v) is 3.56. The predicted octanol–water partition coefficient (Wildman–Crippen LogP) is 0.647. The first kappa shape index (κ1) is 13.8. The molecule has 0 unspecified atom stereocenters. The molecule has 2 rings (SSSR count). The second-order valence-corrected chi connectivity index (χ2v) is 4.96. The van der Waals surface area contributed by atoms with Crippen molar-refractivity contribution in [2.75, 3.05) is 17.6 Å². The molecular formula is C11H12N6O2S. The van der Waals surface area contributed by atoms with Crippen LogP contribution in [0.25, 0.3) is 0 Å². The maximum absolute atomic E-state index is 11.4. The lowest BCUT2D eigenvalue weighted by Gasteiger charge is -2.03. The van der Waals surface area contributed by atoms with E-state index in [2.05, 4.69) is 15.5 Å². The van der Waals surface area contributed by atoms with Gasteiger partial charge < -0.3 is 21.3 Å². The van der Waals surface area contributed by atoms with Crippen molar-refractivity contribution in [2.24, 2.45) is 5.73 Å². The van der Waals surface area contributed by atoms with Crippen molar-refractivity contribution < 1.29 is 9.32 Å². The summed E-state index contributed by atoms with van der Waals surface area (Å²) in [4.78, 5) is 15.7. The van der Waals surface area contributed by atoms with Crippen LogP contribution in [-0.4, -0.2) is 22.6 Å². The molecule has 104 valence electrons. The van der Waals surface area contributed by atoms with E-state index < -0.39 is 5.91 Å². The van der Waals surface area contributed by atoms with Gasteiger partial charge in [-0.1, -0.05) is 5.16 Å². The Morgan fingerprint density at radius 2 is 2.35 bits per heavy atom. The lowest BCUT2D eigenvalue weighted by Crippen LogP contribution is -2.15. The van der Waals surface area contributed by atoms with Crippen molar-refractivity contribution in [3.05, 3.63) is 22.2 Å². The van der Waals surface area contributed by atoms with Gasteiger partial charge in [0.2, 0.25) is 5.89 Å². The number of nitrogens with zero attached hydrogens (tertiary/aromatic N) is 3. The van der Waals surface area contributed by atoms with Gasteiger partial charge in [-0.15, -0.1) is 11.3 Å². The predicted molar refractivity (Wildman–Crippen MR) is 73.2 cm³/mol. The van der Waals surface area contributed by atoms with Crippen LogP contribution >= 0.6 is 11.3 Å².